The zero-order valence-corrected chi connectivity index (χ0v) is 12.4. The quantitative estimate of drug-likeness (QED) is 0.900. The van der Waals surface area contributed by atoms with Crippen LogP contribution in [0.15, 0.2) is 22.7 Å². The maximum absolute atomic E-state index is 13.2. The Morgan fingerprint density at radius 3 is 2.70 bits per heavy atom. The Balaban J connectivity index is 2.32. The molecule has 0 bridgehead atoms. The monoisotopic (exact) mass is 342 g/mol. The van der Waals surface area contributed by atoms with Crippen molar-refractivity contribution in [1.82, 2.24) is 15.0 Å². The number of nitrogens with one attached hydrogen (secondary N) is 1. The maximum Gasteiger partial charge on any atom is 0.330 e. The van der Waals surface area contributed by atoms with E-state index in [2.05, 4.69) is 36.2 Å². The molecular formula is C12H12BrFN4O2. The molecule has 2 rings (SSSR count). The molecule has 20 heavy (non-hydrogen) atoms. The van der Waals surface area contributed by atoms with Crippen molar-refractivity contribution in [2.75, 3.05) is 19.0 Å². The molecule has 0 fully saturated rings. The van der Waals surface area contributed by atoms with E-state index < -0.39 is 5.82 Å². The zero-order valence-electron chi connectivity index (χ0n) is 10.9. The van der Waals surface area contributed by atoms with Crippen LogP contribution in [0.1, 0.15) is 6.92 Å². The average molecular weight is 343 g/mol. The summed E-state index contributed by atoms with van der Waals surface area (Å²) in [5.41, 5.74) is 0. The highest BCUT2D eigenvalue weighted by atomic mass is 79.9. The van der Waals surface area contributed by atoms with Crippen LogP contribution in [0.2, 0.25) is 0 Å². The predicted octanol–water partition coefficient (Wildman–Crippen LogP) is 3.01. The molecule has 1 heterocycles. The van der Waals surface area contributed by atoms with E-state index in [1.54, 1.807) is 7.05 Å². The molecule has 0 aliphatic carbocycles. The molecule has 1 N–H and O–H groups in total. The second kappa shape index (κ2) is 6.47. The summed E-state index contributed by atoms with van der Waals surface area (Å²) in [6.07, 6.45) is 0. The summed E-state index contributed by atoms with van der Waals surface area (Å²) < 4.78 is 24.5. The fourth-order valence-electron chi connectivity index (χ4n) is 1.34. The van der Waals surface area contributed by atoms with Gasteiger partial charge in [-0.25, -0.2) is 4.39 Å². The topological polar surface area (TPSA) is 69.2 Å². The minimum Gasteiger partial charge on any atom is -0.464 e. The lowest BCUT2D eigenvalue weighted by molar-refractivity contribution is 0.303. The number of nitrogens with zero attached hydrogens (tertiary/aromatic N) is 3. The minimum atomic E-state index is -0.420. The minimum absolute atomic E-state index is 0.0131. The summed E-state index contributed by atoms with van der Waals surface area (Å²) in [6.45, 7) is 2.22. The first-order chi connectivity index (χ1) is 9.62. The van der Waals surface area contributed by atoms with Crippen LogP contribution in [-0.2, 0) is 0 Å². The normalized spacial score (nSPS) is 10.2. The van der Waals surface area contributed by atoms with Crippen molar-refractivity contribution < 1.29 is 13.9 Å². The Bertz CT molecular complexity index is 612. The van der Waals surface area contributed by atoms with Gasteiger partial charge in [-0.3, -0.25) is 0 Å². The largest absolute Gasteiger partial charge is 0.464 e. The number of anilines is 1. The number of aromatic nitrogens is 3. The smallest absolute Gasteiger partial charge is 0.330 e. The van der Waals surface area contributed by atoms with Gasteiger partial charge in [0.15, 0.2) is 0 Å². The van der Waals surface area contributed by atoms with Crippen molar-refractivity contribution in [3.63, 3.8) is 0 Å². The van der Waals surface area contributed by atoms with Gasteiger partial charge < -0.3 is 14.8 Å². The molecule has 0 saturated carbocycles. The molecule has 0 aliphatic rings. The lowest BCUT2D eigenvalue weighted by Crippen LogP contribution is -2.05. The molecule has 1 aromatic heterocycles. The van der Waals surface area contributed by atoms with E-state index in [0.717, 1.165) is 0 Å². The van der Waals surface area contributed by atoms with Crippen molar-refractivity contribution in [2.24, 2.45) is 0 Å². The van der Waals surface area contributed by atoms with Crippen molar-refractivity contribution in [1.29, 1.82) is 0 Å². The summed E-state index contributed by atoms with van der Waals surface area (Å²) in [5, 5.41) is 2.77. The fraction of sp³-hybridized carbons (Fsp3) is 0.250. The van der Waals surface area contributed by atoms with E-state index >= 15 is 0 Å². The Hall–Kier alpha value is -1.96. The van der Waals surface area contributed by atoms with Gasteiger partial charge in [-0.15, -0.1) is 4.98 Å². The van der Waals surface area contributed by atoms with Crippen LogP contribution in [0, 0.1) is 5.82 Å². The molecule has 2 aromatic rings. The third-order valence-corrected chi connectivity index (χ3v) is 2.84. The van der Waals surface area contributed by atoms with Crippen LogP contribution in [0.5, 0.6) is 17.8 Å². The lowest BCUT2D eigenvalue weighted by atomic mass is 10.3. The molecule has 0 atom stereocenters. The van der Waals surface area contributed by atoms with Crippen LogP contribution in [0.3, 0.4) is 0 Å². The van der Waals surface area contributed by atoms with Crippen molar-refractivity contribution >= 4 is 21.9 Å². The van der Waals surface area contributed by atoms with Crippen LogP contribution >= 0.6 is 15.9 Å². The molecule has 106 valence electrons. The van der Waals surface area contributed by atoms with Crippen LogP contribution in [-0.4, -0.2) is 28.6 Å². The van der Waals surface area contributed by atoms with E-state index in [1.165, 1.54) is 18.2 Å². The maximum atomic E-state index is 13.2. The molecule has 0 spiro atoms. The van der Waals surface area contributed by atoms with Crippen LogP contribution < -0.4 is 14.8 Å². The number of halogens is 2. The molecule has 0 radical (unpaired) electrons. The van der Waals surface area contributed by atoms with Gasteiger partial charge in [-0.2, -0.15) is 9.97 Å². The Morgan fingerprint density at radius 2 is 2.00 bits per heavy atom. The van der Waals surface area contributed by atoms with E-state index in [-0.39, 0.29) is 17.8 Å². The second-order valence-corrected chi connectivity index (χ2v) is 4.44. The van der Waals surface area contributed by atoms with E-state index in [1.807, 2.05) is 6.92 Å². The van der Waals surface area contributed by atoms with Gasteiger partial charge in [0, 0.05) is 13.1 Å². The molecule has 6 nitrogen and oxygen atoms in total. The first-order valence-electron chi connectivity index (χ1n) is 5.82. The van der Waals surface area contributed by atoms with Crippen molar-refractivity contribution in [3.8, 4) is 17.8 Å². The van der Waals surface area contributed by atoms with Gasteiger partial charge >= 0.3 is 12.0 Å². The van der Waals surface area contributed by atoms with Crippen LogP contribution in [0.25, 0.3) is 0 Å². The number of rotatable bonds is 5. The van der Waals surface area contributed by atoms with E-state index in [9.17, 15) is 4.39 Å². The fourth-order valence-corrected chi connectivity index (χ4v) is 1.67. The number of hydrogen-bond acceptors (Lipinski definition) is 6. The Labute approximate surface area is 123 Å². The van der Waals surface area contributed by atoms with Crippen molar-refractivity contribution in [2.45, 2.75) is 6.92 Å². The Morgan fingerprint density at radius 1 is 1.25 bits per heavy atom. The summed E-state index contributed by atoms with van der Waals surface area (Å²) >= 11 is 3.26. The standard InChI is InChI=1S/C12H12BrFN4O2/c1-3-19-11-16-10(15-2)17-12(18-11)20-9-6-7(14)4-5-8(9)13/h4-6H,3H2,1-2H3,(H,15,16,17,18). The summed E-state index contributed by atoms with van der Waals surface area (Å²) in [5.74, 6) is 0.141. The zero-order chi connectivity index (χ0) is 14.5. The van der Waals surface area contributed by atoms with Gasteiger partial charge in [0.25, 0.3) is 0 Å². The third-order valence-electron chi connectivity index (χ3n) is 2.19. The average Bonchev–Trinajstić information content (AvgIpc) is 2.43. The summed E-state index contributed by atoms with van der Waals surface area (Å²) in [6, 6.07) is 4.23. The van der Waals surface area contributed by atoms with Crippen LogP contribution in [0.4, 0.5) is 10.3 Å². The predicted molar refractivity (Wildman–Crippen MR) is 74.7 cm³/mol. The first-order valence-corrected chi connectivity index (χ1v) is 6.61. The summed E-state index contributed by atoms with van der Waals surface area (Å²) in [7, 11) is 1.66. The molecule has 0 aliphatic heterocycles. The van der Waals surface area contributed by atoms with Crippen molar-refractivity contribution in [3.05, 3.63) is 28.5 Å². The SMILES string of the molecule is CCOc1nc(NC)nc(Oc2cc(F)ccc2Br)n1. The highest BCUT2D eigenvalue weighted by Crippen LogP contribution is 2.29. The van der Waals surface area contributed by atoms with Gasteiger partial charge in [0.1, 0.15) is 11.6 Å². The molecule has 0 saturated heterocycles. The molecule has 8 heteroatoms. The third kappa shape index (κ3) is 3.53. The van der Waals surface area contributed by atoms with E-state index in [4.69, 9.17) is 9.47 Å². The number of ether oxygens (including phenoxy) is 2. The van der Waals surface area contributed by atoms with Gasteiger partial charge in [0.05, 0.1) is 11.1 Å². The molecule has 0 unspecified atom stereocenters. The lowest BCUT2D eigenvalue weighted by Gasteiger charge is -2.08. The number of benzene rings is 1. The summed E-state index contributed by atoms with van der Waals surface area (Å²) in [4.78, 5) is 12.0. The van der Waals surface area contributed by atoms with E-state index in [0.29, 0.717) is 17.0 Å². The van der Waals surface area contributed by atoms with Gasteiger partial charge in [-0.05, 0) is 35.0 Å². The Kier molecular flexibility index (Phi) is 4.67. The molecule has 1 aromatic carbocycles. The highest BCUT2D eigenvalue weighted by Gasteiger charge is 2.11. The van der Waals surface area contributed by atoms with Gasteiger partial charge in [0.2, 0.25) is 5.95 Å². The molecule has 0 amide bonds. The molecular weight excluding hydrogens is 331 g/mol. The highest BCUT2D eigenvalue weighted by molar-refractivity contribution is 9.10. The first kappa shape index (κ1) is 14.4. The number of hydrogen-bond donors (Lipinski definition) is 1. The van der Waals surface area contributed by atoms with Gasteiger partial charge in [-0.1, -0.05) is 0 Å². The second-order valence-electron chi connectivity index (χ2n) is 3.58.